The second kappa shape index (κ2) is 7.59. The van der Waals surface area contributed by atoms with Crippen LogP contribution in [0.3, 0.4) is 0 Å². The Kier molecular flexibility index (Phi) is 4.83. The van der Waals surface area contributed by atoms with Gasteiger partial charge in [0, 0.05) is 25.3 Å². The molecule has 0 bridgehead atoms. The molecule has 1 aromatic heterocycles. The largest absolute Gasteiger partial charge is 0.378 e. The average molecular weight is 383 g/mol. The van der Waals surface area contributed by atoms with Gasteiger partial charge in [-0.05, 0) is 40.5 Å². The van der Waals surface area contributed by atoms with Gasteiger partial charge in [-0.2, -0.15) is 5.10 Å². The molecule has 0 aliphatic heterocycles. The maximum Gasteiger partial charge on any atom is 0.286 e. The van der Waals surface area contributed by atoms with E-state index in [1.165, 1.54) is 0 Å². The first-order valence-corrected chi connectivity index (χ1v) is 9.23. The van der Waals surface area contributed by atoms with E-state index in [2.05, 4.69) is 62.5 Å². The van der Waals surface area contributed by atoms with Gasteiger partial charge >= 0.3 is 0 Å². The molecule has 3 N–H and O–H groups in total. The number of carbonyl (C=O) groups excluding carboxylic acids is 1. The molecule has 4 rings (SSSR count). The van der Waals surface area contributed by atoms with Crippen LogP contribution >= 0.6 is 0 Å². The number of nitrogens with two attached hydrogens (primary N) is 1. The maximum atomic E-state index is 11.3. The van der Waals surface area contributed by atoms with Crippen LogP contribution < -0.4 is 10.6 Å². The third-order valence-corrected chi connectivity index (χ3v) is 4.77. The van der Waals surface area contributed by atoms with Crippen molar-refractivity contribution < 1.29 is 4.79 Å². The minimum Gasteiger partial charge on any atom is -0.378 e. The predicted octanol–water partition coefficient (Wildman–Crippen LogP) is 3.97. The molecule has 0 aliphatic carbocycles. The summed E-state index contributed by atoms with van der Waals surface area (Å²) in [6, 6.07) is 24.7. The van der Waals surface area contributed by atoms with Crippen molar-refractivity contribution in [2.24, 2.45) is 5.73 Å². The standard InChI is InChI=1S/C23H21N5O/c1-28(2)18-12-10-15(11-13-18)19-8-3-4-9-20(19)16-6-5-7-17(14-16)22-25-23(21(24)29)27-26-22/h3-14H,1-2H3,(H2,24,29)(H,25,26,27). The fraction of sp³-hybridized carbons (Fsp3) is 0.0870. The monoisotopic (exact) mass is 383 g/mol. The highest BCUT2D eigenvalue weighted by Gasteiger charge is 2.12. The molecule has 3 aromatic carbocycles. The summed E-state index contributed by atoms with van der Waals surface area (Å²) in [5.74, 6) is -0.147. The van der Waals surface area contributed by atoms with E-state index in [1.807, 2.05) is 44.4 Å². The molecule has 0 saturated carbocycles. The van der Waals surface area contributed by atoms with Gasteiger partial charge in [0.1, 0.15) is 0 Å². The molecule has 0 spiro atoms. The normalized spacial score (nSPS) is 10.7. The smallest absolute Gasteiger partial charge is 0.286 e. The Bertz CT molecular complexity index is 1160. The van der Waals surface area contributed by atoms with Gasteiger partial charge in [0.05, 0.1) is 0 Å². The molecular weight excluding hydrogens is 362 g/mol. The number of nitrogens with one attached hydrogen (secondary N) is 1. The average Bonchev–Trinajstić information content (AvgIpc) is 3.25. The van der Waals surface area contributed by atoms with Crippen LogP contribution in [0.15, 0.2) is 72.8 Å². The SMILES string of the molecule is CN(C)c1ccc(-c2ccccc2-c2cccc(-c3n[nH]c(C(N)=O)n3)c2)cc1. The van der Waals surface area contributed by atoms with Crippen molar-refractivity contribution in [3.63, 3.8) is 0 Å². The first-order valence-electron chi connectivity index (χ1n) is 9.23. The Morgan fingerprint density at radius 1 is 0.862 bits per heavy atom. The highest BCUT2D eigenvalue weighted by atomic mass is 16.1. The first kappa shape index (κ1) is 18.4. The molecule has 6 nitrogen and oxygen atoms in total. The van der Waals surface area contributed by atoms with Crippen LogP contribution in [0.25, 0.3) is 33.6 Å². The molecule has 0 atom stereocenters. The summed E-state index contributed by atoms with van der Waals surface area (Å²) in [6.45, 7) is 0. The zero-order valence-electron chi connectivity index (χ0n) is 16.3. The summed E-state index contributed by atoms with van der Waals surface area (Å²) in [7, 11) is 4.06. The summed E-state index contributed by atoms with van der Waals surface area (Å²) >= 11 is 0. The third kappa shape index (κ3) is 3.73. The minimum absolute atomic E-state index is 0.0479. The molecule has 4 aromatic rings. The first-order chi connectivity index (χ1) is 14.0. The summed E-state index contributed by atoms with van der Waals surface area (Å²) < 4.78 is 0. The summed E-state index contributed by atoms with van der Waals surface area (Å²) in [5, 5.41) is 6.68. The fourth-order valence-electron chi connectivity index (χ4n) is 3.25. The molecule has 1 heterocycles. The van der Waals surface area contributed by atoms with Crippen LogP contribution in [0.5, 0.6) is 0 Å². The third-order valence-electron chi connectivity index (χ3n) is 4.77. The fourth-order valence-corrected chi connectivity index (χ4v) is 3.25. The molecule has 6 heteroatoms. The molecule has 29 heavy (non-hydrogen) atoms. The van der Waals surface area contributed by atoms with Crippen LogP contribution in [0.1, 0.15) is 10.6 Å². The van der Waals surface area contributed by atoms with Gasteiger partial charge < -0.3 is 10.6 Å². The predicted molar refractivity (Wildman–Crippen MR) is 116 cm³/mol. The van der Waals surface area contributed by atoms with Crippen LogP contribution in [0.4, 0.5) is 5.69 Å². The van der Waals surface area contributed by atoms with Gasteiger partial charge in [0.25, 0.3) is 5.91 Å². The Balaban J connectivity index is 1.75. The molecule has 0 unspecified atom stereocenters. The summed E-state index contributed by atoms with van der Waals surface area (Å²) in [4.78, 5) is 17.5. The summed E-state index contributed by atoms with van der Waals surface area (Å²) in [6.07, 6.45) is 0. The number of aromatic nitrogens is 3. The van der Waals surface area contributed by atoms with Gasteiger partial charge in [0.15, 0.2) is 5.82 Å². The molecule has 0 fully saturated rings. The van der Waals surface area contributed by atoms with Crippen LogP contribution in [-0.2, 0) is 0 Å². The zero-order chi connectivity index (χ0) is 20.4. The molecule has 0 radical (unpaired) electrons. The van der Waals surface area contributed by atoms with E-state index in [1.54, 1.807) is 0 Å². The zero-order valence-corrected chi connectivity index (χ0v) is 16.3. The molecule has 1 amide bonds. The topological polar surface area (TPSA) is 87.9 Å². The lowest BCUT2D eigenvalue weighted by Gasteiger charge is -2.14. The van der Waals surface area contributed by atoms with Crippen molar-refractivity contribution in [1.82, 2.24) is 15.2 Å². The highest BCUT2D eigenvalue weighted by Crippen LogP contribution is 2.34. The lowest BCUT2D eigenvalue weighted by molar-refractivity contribution is 0.0991. The van der Waals surface area contributed by atoms with Crippen LogP contribution in [0, 0.1) is 0 Å². The number of nitrogens with zero attached hydrogens (tertiary/aromatic N) is 3. The van der Waals surface area contributed by atoms with Gasteiger partial charge in [-0.1, -0.05) is 54.6 Å². The lowest BCUT2D eigenvalue weighted by atomic mass is 9.93. The van der Waals surface area contributed by atoms with E-state index >= 15 is 0 Å². The Morgan fingerprint density at radius 3 is 2.14 bits per heavy atom. The van der Waals surface area contributed by atoms with E-state index in [0.29, 0.717) is 5.82 Å². The molecular formula is C23H21N5O. The van der Waals surface area contributed by atoms with Crippen molar-refractivity contribution in [3.8, 4) is 33.6 Å². The van der Waals surface area contributed by atoms with Crippen molar-refractivity contribution in [1.29, 1.82) is 0 Å². The van der Waals surface area contributed by atoms with Crippen LogP contribution in [-0.4, -0.2) is 35.2 Å². The van der Waals surface area contributed by atoms with Gasteiger partial charge in [-0.3, -0.25) is 9.89 Å². The number of benzene rings is 3. The highest BCUT2D eigenvalue weighted by molar-refractivity contribution is 5.89. The molecule has 0 saturated heterocycles. The Labute approximate surface area is 169 Å². The molecule has 0 aliphatic rings. The second-order valence-electron chi connectivity index (χ2n) is 6.94. The van der Waals surface area contributed by atoms with Crippen LogP contribution in [0.2, 0.25) is 0 Å². The molecule has 144 valence electrons. The number of primary amides is 1. The summed E-state index contributed by atoms with van der Waals surface area (Å²) in [5.41, 5.74) is 11.7. The van der Waals surface area contributed by atoms with Gasteiger partial charge in [0.2, 0.25) is 5.82 Å². The van der Waals surface area contributed by atoms with E-state index in [4.69, 9.17) is 5.73 Å². The van der Waals surface area contributed by atoms with Crippen molar-refractivity contribution in [2.75, 3.05) is 19.0 Å². The van der Waals surface area contributed by atoms with E-state index in [0.717, 1.165) is 33.5 Å². The number of hydrogen-bond acceptors (Lipinski definition) is 4. The number of H-pyrrole nitrogens is 1. The Morgan fingerprint density at radius 2 is 1.52 bits per heavy atom. The van der Waals surface area contributed by atoms with Crippen molar-refractivity contribution in [2.45, 2.75) is 0 Å². The number of hydrogen-bond donors (Lipinski definition) is 2. The van der Waals surface area contributed by atoms with Crippen molar-refractivity contribution in [3.05, 3.63) is 78.6 Å². The lowest BCUT2D eigenvalue weighted by Crippen LogP contribution is -2.12. The number of carbonyl (C=O) groups is 1. The number of amides is 1. The minimum atomic E-state index is -0.633. The second-order valence-corrected chi connectivity index (χ2v) is 6.94. The van der Waals surface area contributed by atoms with Crippen molar-refractivity contribution >= 4 is 11.6 Å². The number of aromatic amines is 1. The van der Waals surface area contributed by atoms with Gasteiger partial charge in [-0.25, -0.2) is 4.98 Å². The van der Waals surface area contributed by atoms with E-state index < -0.39 is 5.91 Å². The quantitative estimate of drug-likeness (QED) is 0.546. The van der Waals surface area contributed by atoms with Gasteiger partial charge in [-0.15, -0.1) is 0 Å². The van der Waals surface area contributed by atoms with E-state index in [9.17, 15) is 4.79 Å². The van der Waals surface area contributed by atoms with E-state index in [-0.39, 0.29) is 5.82 Å². The Hall–Kier alpha value is -3.93. The number of anilines is 1. The maximum absolute atomic E-state index is 11.3. The number of rotatable bonds is 5.